The summed E-state index contributed by atoms with van der Waals surface area (Å²) in [6.07, 6.45) is 4.92. The summed E-state index contributed by atoms with van der Waals surface area (Å²) in [7, 11) is 0. The Bertz CT molecular complexity index is 1620. The number of fused-ring (bicyclic) bond motifs is 2. The molecule has 2 aromatic carbocycles. The van der Waals surface area contributed by atoms with Gasteiger partial charge in [0.2, 0.25) is 11.8 Å². The van der Waals surface area contributed by atoms with Gasteiger partial charge in [-0.2, -0.15) is 5.10 Å². The van der Waals surface area contributed by atoms with Crippen molar-refractivity contribution in [2.45, 2.75) is 50.7 Å². The Labute approximate surface area is 232 Å². The molecule has 3 aliphatic heterocycles. The lowest BCUT2D eigenvalue weighted by atomic mass is 9.88. The first-order chi connectivity index (χ1) is 19.5. The number of likely N-dealkylation sites (tertiary alicyclic amines) is 1. The molecule has 0 aliphatic carbocycles. The zero-order valence-electron chi connectivity index (χ0n) is 22.3. The summed E-state index contributed by atoms with van der Waals surface area (Å²) in [5.41, 5.74) is 7.37. The molecular formula is C32H31N5O3. The topological polar surface area (TPSA) is 87.0 Å². The van der Waals surface area contributed by atoms with Crippen molar-refractivity contribution in [2.75, 3.05) is 13.1 Å². The second kappa shape index (κ2) is 10.0. The number of nitrogens with zero attached hydrogens (tertiary/aromatic N) is 4. The van der Waals surface area contributed by atoms with E-state index in [4.69, 9.17) is 5.10 Å². The van der Waals surface area contributed by atoms with E-state index in [-0.39, 0.29) is 24.1 Å². The summed E-state index contributed by atoms with van der Waals surface area (Å²) in [6.45, 7) is 3.34. The second-order valence-corrected chi connectivity index (χ2v) is 11.2. The number of hydrogen-bond donors (Lipinski definition) is 1. The third-order valence-corrected chi connectivity index (χ3v) is 8.60. The first-order valence-electron chi connectivity index (χ1n) is 14.1. The highest BCUT2D eigenvalue weighted by molar-refractivity contribution is 6.05. The molecule has 0 bridgehead atoms. The van der Waals surface area contributed by atoms with Gasteiger partial charge in [-0.3, -0.25) is 24.6 Å². The minimum absolute atomic E-state index is 0.115. The predicted molar refractivity (Wildman–Crippen MR) is 150 cm³/mol. The van der Waals surface area contributed by atoms with Gasteiger partial charge in [0, 0.05) is 36.8 Å². The molecule has 8 heteroatoms. The zero-order chi connectivity index (χ0) is 27.2. The van der Waals surface area contributed by atoms with Crippen LogP contribution in [0.4, 0.5) is 0 Å². The minimum Gasteiger partial charge on any atom is -0.322 e. The Hall–Kier alpha value is -4.30. The maximum atomic E-state index is 13.0. The van der Waals surface area contributed by atoms with Gasteiger partial charge in [-0.15, -0.1) is 0 Å². The Kier molecular flexibility index (Phi) is 6.20. The molecule has 40 heavy (non-hydrogen) atoms. The molecule has 0 saturated carbocycles. The lowest BCUT2D eigenvalue weighted by molar-refractivity contribution is -0.136. The number of aromatic nitrogens is 2. The molecular weight excluding hydrogens is 502 g/mol. The fourth-order valence-corrected chi connectivity index (χ4v) is 6.40. The van der Waals surface area contributed by atoms with Crippen LogP contribution in [0.15, 0.2) is 72.9 Å². The predicted octanol–water partition coefficient (Wildman–Crippen LogP) is 4.14. The Morgan fingerprint density at radius 2 is 1.73 bits per heavy atom. The highest BCUT2D eigenvalue weighted by Gasteiger charge is 2.39. The molecule has 202 valence electrons. The van der Waals surface area contributed by atoms with Crippen LogP contribution in [0, 0.1) is 0 Å². The van der Waals surface area contributed by atoms with E-state index in [9.17, 15) is 14.4 Å². The lowest BCUT2D eigenvalue weighted by Crippen LogP contribution is -2.52. The molecule has 8 nitrogen and oxygen atoms in total. The maximum Gasteiger partial charge on any atom is 0.255 e. The number of pyridine rings is 1. The van der Waals surface area contributed by atoms with Crippen LogP contribution in [0.5, 0.6) is 0 Å². The molecule has 3 amide bonds. The van der Waals surface area contributed by atoms with Crippen molar-refractivity contribution >= 4 is 23.2 Å². The molecule has 1 N–H and O–H groups in total. The largest absolute Gasteiger partial charge is 0.322 e. The average molecular weight is 534 g/mol. The fourth-order valence-electron chi connectivity index (χ4n) is 6.40. The lowest BCUT2D eigenvalue weighted by Gasteiger charge is -2.32. The maximum absolute atomic E-state index is 13.0. The smallest absolute Gasteiger partial charge is 0.255 e. The molecule has 1 atom stereocenters. The highest BCUT2D eigenvalue weighted by Crippen LogP contribution is 2.34. The quantitative estimate of drug-likeness (QED) is 0.390. The summed E-state index contributed by atoms with van der Waals surface area (Å²) in [4.78, 5) is 41.0. The van der Waals surface area contributed by atoms with Gasteiger partial charge in [0.05, 0.1) is 11.2 Å². The number of carbonyl (C=O) groups excluding carboxylic acids is 3. The Balaban J connectivity index is 0.986. The summed E-state index contributed by atoms with van der Waals surface area (Å²) in [6, 6.07) is 22.3. The van der Waals surface area contributed by atoms with E-state index in [0.29, 0.717) is 24.4 Å². The SMILES string of the molecule is O=C1CCC(N2Cc3cc(C4CCN(Cc5ccc6cc(-c7ccccc7)nn6c5)CC4)ccc3C2=O)C(=O)N1. The molecule has 0 spiro atoms. The van der Waals surface area contributed by atoms with E-state index >= 15 is 0 Å². The van der Waals surface area contributed by atoms with Crippen molar-refractivity contribution < 1.29 is 14.4 Å². The van der Waals surface area contributed by atoms with E-state index in [1.54, 1.807) is 4.90 Å². The number of piperidine rings is 2. The number of hydrogen-bond acceptors (Lipinski definition) is 5. The third kappa shape index (κ3) is 4.58. The molecule has 2 fully saturated rings. The molecule has 4 aromatic rings. The van der Waals surface area contributed by atoms with Gasteiger partial charge in [0.1, 0.15) is 6.04 Å². The van der Waals surface area contributed by atoms with Crippen molar-refractivity contribution in [2.24, 2.45) is 0 Å². The van der Waals surface area contributed by atoms with Gasteiger partial charge in [-0.1, -0.05) is 48.5 Å². The van der Waals surface area contributed by atoms with Crippen LogP contribution < -0.4 is 5.32 Å². The van der Waals surface area contributed by atoms with Gasteiger partial charge >= 0.3 is 0 Å². The first-order valence-corrected chi connectivity index (χ1v) is 14.1. The number of amides is 3. The number of benzene rings is 2. The van der Waals surface area contributed by atoms with E-state index in [0.717, 1.165) is 54.8 Å². The Morgan fingerprint density at radius 1 is 0.900 bits per heavy atom. The zero-order valence-corrected chi connectivity index (χ0v) is 22.3. The van der Waals surface area contributed by atoms with Gasteiger partial charge in [-0.05, 0) is 73.2 Å². The van der Waals surface area contributed by atoms with Crippen molar-refractivity contribution in [3.8, 4) is 11.3 Å². The van der Waals surface area contributed by atoms with Crippen LogP contribution >= 0.6 is 0 Å². The van der Waals surface area contributed by atoms with Crippen LogP contribution in [-0.4, -0.2) is 56.3 Å². The van der Waals surface area contributed by atoms with Crippen LogP contribution in [-0.2, 0) is 22.7 Å². The van der Waals surface area contributed by atoms with Gasteiger partial charge in [-0.25, -0.2) is 4.52 Å². The Morgan fingerprint density at radius 3 is 2.52 bits per heavy atom. The van der Waals surface area contributed by atoms with Crippen molar-refractivity contribution in [3.63, 3.8) is 0 Å². The van der Waals surface area contributed by atoms with E-state index in [2.05, 4.69) is 58.9 Å². The van der Waals surface area contributed by atoms with E-state index in [1.807, 2.05) is 28.8 Å². The van der Waals surface area contributed by atoms with E-state index in [1.165, 1.54) is 11.1 Å². The molecule has 5 heterocycles. The highest BCUT2D eigenvalue weighted by atomic mass is 16.2. The van der Waals surface area contributed by atoms with Gasteiger partial charge < -0.3 is 4.90 Å². The summed E-state index contributed by atoms with van der Waals surface area (Å²) in [5.74, 6) is -0.300. The van der Waals surface area contributed by atoms with Gasteiger partial charge in [0.25, 0.3) is 5.91 Å². The molecule has 3 aliphatic rings. The number of rotatable bonds is 5. The standard InChI is InChI=1S/C32H31N5O3/c38-30-11-10-29(31(39)33-30)36-20-25-16-24(7-9-27(25)32(36)40)22-12-14-35(15-13-22)18-21-6-8-26-17-28(34-37(26)19-21)23-4-2-1-3-5-23/h1-9,16-17,19,22,29H,10-15,18,20H2,(H,33,38,39). The van der Waals surface area contributed by atoms with Crippen LogP contribution in [0.25, 0.3) is 16.8 Å². The normalized spacial score (nSPS) is 20.2. The number of carbonyl (C=O) groups is 3. The van der Waals surface area contributed by atoms with E-state index < -0.39 is 6.04 Å². The molecule has 2 saturated heterocycles. The second-order valence-electron chi connectivity index (χ2n) is 11.2. The van der Waals surface area contributed by atoms with Crippen LogP contribution in [0.2, 0.25) is 0 Å². The van der Waals surface area contributed by atoms with Crippen molar-refractivity contribution in [3.05, 3.63) is 95.2 Å². The van der Waals surface area contributed by atoms with Crippen LogP contribution in [0.3, 0.4) is 0 Å². The molecule has 7 rings (SSSR count). The van der Waals surface area contributed by atoms with Crippen LogP contribution in [0.1, 0.15) is 58.6 Å². The van der Waals surface area contributed by atoms with Gasteiger partial charge in [0.15, 0.2) is 0 Å². The summed E-state index contributed by atoms with van der Waals surface area (Å²) < 4.78 is 1.98. The number of nitrogens with one attached hydrogen (secondary N) is 1. The summed E-state index contributed by atoms with van der Waals surface area (Å²) in [5, 5.41) is 7.17. The first kappa shape index (κ1) is 24.7. The van der Waals surface area contributed by atoms with Crippen molar-refractivity contribution in [1.82, 2.24) is 24.7 Å². The molecule has 2 aromatic heterocycles. The third-order valence-electron chi connectivity index (χ3n) is 8.60. The van der Waals surface area contributed by atoms with Crippen molar-refractivity contribution in [1.29, 1.82) is 0 Å². The molecule has 1 unspecified atom stereocenters. The molecule has 0 radical (unpaired) electrons. The minimum atomic E-state index is -0.574. The average Bonchev–Trinajstić information content (AvgIpc) is 3.54. The summed E-state index contributed by atoms with van der Waals surface area (Å²) >= 11 is 0. The fraction of sp³-hybridized carbons (Fsp3) is 0.312. The number of imide groups is 1. The monoisotopic (exact) mass is 533 g/mol.